The molecule has 3 aromatic rings. The minimum Gasteiger partial charge on any atom is -0.508 e. The standard InChI is InChI=1S/C23H17ClN2O4/c24-17-8-4-5-9-18(17)25-22(28)19-20(14-10-12-16(27)13-11-14)26(30-21(19)23(25)29)15-6-2-1-3-7-15/h1-13,19-21,27H. The Balaban J connectivity index is 1.60. The molecule has 2 aliphatic heterocycles. The Morgan fingerprint density at radius 3 is 2.20 bits per heavy atom. The number of hydrogen-bond donors (Lipinski definition) is 1. The van der Waals surface area contributed by atoms with Crippen molar-refractivity contribution in [3.8, 4) is 5.75 Å². The highest BCUT2D eigenvalue weighted by molar-refractivity contribution is 6.36. The number of phenols is 1. The van der Waals surface area contributed by atoms with Gasteiger partial charge >= 0.3 is 0 Å². The summed E-state index contributed by atoms with van der Waals surface area (Å²) >= 11 is 6.26. The smallest absolute Gasteiger partial charge is 0.266 e. The highest BCUT2D eigenvalue weighted by Crippen LogP contribution is 2.48. The number of carbonyl (C=O) groups excluding carboxylic acids is 2. The number of rotatable bonds is 3. The van der Waals surface area contributed by atoms with Crippen LogP contribution in [0.15, 0.2) is 78.9 Å². The summed E-state index contributed by atoms with van der Waals surface area (Å²) in [6, 6.07) is 22.1. The number of halogens is 1. The van der Waals surface area contributed by atoms with Crippen molar-refractivity contribution >= 4 is 34.8 Å². The average Bonchev–Trinajstić information content (AvgIpc) is 3.26. The predicted molar refractivity (Wildman–Crippen MR) is 112 cm³/mol. The van der Waals surface area contributed by atoms with Crippen molar-refractivity contribution in [3.63, 3.8) is 0 Å². The van der Waals surface area contributed by atoms with Crippen LogP contribution in [0.25, 0.3) is 0 Å². The van der Waals surface area contributed by atoms with E-state index in [0.717, 1.165) is 16.2 Å². The summed E-state index contributed by atoms with van der Waals surface area (Å²) < 4.78 is 0. The number of hydrogen-bond acceptors (Lipinski definition) is 5. The monoisotopic (exact) mass is 420 g/mol. The largest absolute Gasteiger partial charge is 0.508 e. The van der Waals surface area contributed by atoms with Crippen LogP contribution in [0.4, 0.5) is 11.4 Å². The lowest BCUT2D eigenvalue weighted by Crippen LogP contribution is -2.37. The van der Waals surface area contributed by atoms with Gasteiger partial charge in [-0.3, -0.25) is 14.4 Å². The molecule has 3 unspecified atom stereocenters. The summed E-state index contributed by atoms with van der Waals surface area (Å²) in [5.41, 5.74) is 1.84. The lowest BCUT2D eigenvalue weighted by atomic mass is 9.90. The Bertz CT molecular complexity index is 1120. The summed E-state index contributed by atoms with van der Waals surface area (Å²) in [6.07, 6.45) is -0.965. The number of para-hydroxylation sites is 2. The number of aromatic hydroxyl groups is 1. The molecular weight excluding hydrogens is 404 g/mol. The third-order valence-corrected chi connectivity index (χ3v) is 5.77. The fraction of sp³-hybridized carbons (Fsp3) is 0.130. The van der Waals surface area contributed by atoms with Gasteiger partial charge in [0.2, 0.25) is 5.91 Å². The van der Waals surface area contributed by atoms with Crippen LogP contribution >= 0.6 is 11.6 Å². The van der Waals surface area contributed by atoms with E-state index in [0.29, 0.717) is 10.7 Å². The van der Waals surface area contributed by atoms with Gasteiger partial charge in [-0.2, -0.15) is 0 Å². The molecule has 2 amide bonds. The molecule has 5 rings (SSSR count). The van der Waals surface area contributed by atoms with Crippen LogP contribution < -0.4 is 9.96 Å². The van der Waals surface area contributed by atoms with E-state index in [9.17, 15) is 14.7 Å². The molecule has 3 atom stereocenters. The Morgan fingerprint density at radius 2 is 1.50 bits per heavy atom. The highest BCUT2D eigenvalue weighted by Gasteiger charge is 2.60. The van der Waals surface area contributed by atoms with Crippen molar-refractivity contribution in [2.45, 2.75) is 12.1 Å². The van der Waals surface area contributed by atoms with E-state index < -0.39 is 24.0 Å². The zero-order chi connectivity index (χ0) is 20.8. The Labute approximate surface area is 177 Å². The molecule has 0 radical (unpaired) electrons. The molecule has 0 bridgehead atoms. The second-order valence-corrected chi connectivity index (χ2v) is 7.62. The van der Waals surface area contributed by atoms with Gasteiger partial charge in [0.15, 0.2) is 6.10 Å². The average molecular weight is 421 g/mol. The van der Waals surface area contributed by atoms with Crippen molar-refractivity contribution in [1.82, 2.24) is 0 Å². The van der Waals surface area contributed by atoms with Gasteiger partial charge in [0, 0.05) is 0 Å². The van der Waals surface area contributed by atoms with Gasteiger partial charge in [-0.05, 0) is 42.0 Å². The number of imide groups is 1. The molecule has 3 aromatic carbocycles. The van der Waals surface area contributed by atoms with Gasteiger partial charge in [0.1, 0.15) is 11.7 Å². The summed E-state index contributed by atoms with van der Waals surface area (Å²) in [5, 5.41) is 11.6. The van der Waals surface area contributed by atoms with Crippen molar-refractivity contribution < 1.29 is 19.5 Å². The third kappa shape index (κ3) is 2.84. The number of carbonyl (C=O) groups is 2. The van der Waals surface area contributed by atoms with E-state index in [4.69, 9.17) is 16.4 Å². The first-order chi connectivity index (χ1) is 14.6. The fourth-order valence-electron chi connectivity index (χ4n) is 4.09. The number of phenolic OH excluding ortho intramolecular Hbond substituents is 1. The summed E-state index contributed by atoms with van der Waals surface area (Å²) in [4.78, 5) is 33.9. The Kier molecular flexibility index (Phi) is 4.46. The second-order valence-electron chi connectivity index (χ2n) is 7.21. The van der Waals surface area contributed by atoms with Crippen LogP contribution in [0.5, 0.6) is 5.75 Å². The van der Waals surface area contributed by atoms with E-state index in [1.807, 2.05) is 30.3 Å². The maximum atomic E-state index is 13.5. The van der Waals surface area contributed by atoms with Gasteiger partial charge < -0.3 is 5.11 Å². The Hall–Kier alpha value is -3.35. The molecule has 0 saturated carbocycles. The number of nitrogens with zero attached hydrogens (tertiary/aromatic N) is 2. The van der Waals surface area contributed by atoms with E-state index in [2.05, 4.69) is 0 Å². The molecule has 150 valence electrons. The molecule has 30 heavy (non-hydrogen) atoms. The third-order valence-electron chi connectivity index (χ3n) is 5.45. The van der Waals surface area contributed by atoms with Gasteiger partial charge in [-0.25, -0.2) is 9.96 Å². The first-order valence-corrected chi connectivity index (χ1v) is 9.86. The first-order valence-electron chi connectivity index (χ1n) is 9.48. The van der Waals surface area contributed by atoms with E-state index >= 15 is 0 Å². The van der Waals surface area contributed by atoms with Crippen LogP contribution in [0.1, 0.15) is 11.6 Å². The molecule has 0 aromatic heterocycles. The quantitative estimate of drug-likeness (QED) is 0.646. The lowest BCUT2D eigenvalue weighted by Gasteiger charge is -2.29. The number of hydroxylamine groups is 1. The molecule has 2 aliphatic rings. The zero-order valence-corrected chi connectivity index (χ0v) is 16.4. The number of amides is 2. The van der Waals surface area contributed by atoms with Crippen LogP contribution in [-0.2, 0) is 14.4 Å². The predicted octanol–water partition coefficient (Wildman–Crippen LogP) is 4.10. The highest BCUT2D eigenvalue weighted by atomic mass is 35.5. The first kappa shape index (κ1) is 18.7. The van der Waals surface area contributed by atoms with Crippen LogP contribution in [-0.4, -0.2) is 23.0 Å². The van der Waals surface area contributed by atoms with Gasteiger partial charge in [-0.15, -0.1) is 0 Å². The van der Waals surface area contributed by atoms with Crippen LogP contribution in [0, 0.1) is 5.92 Å². The molecule has 2 heterocycles. The fourth-order valence-corrected chi connectivity index (χ4v) is 4.31. The van der Waals surface area contributed by atoms with Crippen LogP contribution in [0.3, 0.4) is 0 Å². The number of anilines is 2. The minimum atomic E-state index is -0.965. The van der Waals surface area contributed by atoms with Gasteiger partial charge in [0.25, 0.3) is 5.91 Å². The maximum Gasteiger partial charge on any atom is 0.266 e. The topological polar surface area (TPSA) is 70.1 Å². The molecular formula is C23H17ClN2O4. The summed E-state index contributed by atoms with van der Waals surface area (Å²) in [6.45, 7) is 0. The summed E-state index contributed by atoms with van der Waals surface area (Å²) in [5.74, 6) is -1.44. The van der Waals surface area contributed by atoms with E-state index in [1.165, 1.54) is 0 Å². The normalized spacial score (nSPS) is 23.2. The molecule has 1 N–H and O–H groups in total. The zero-order valence-electron chi connectivity index (χ0n) is 15.7. The van der Waals surface area contributed by atoms with Crippen LogP contribution in [0.2, 0.25) is 5.02 Å². The SMILES string of the molecule is O=C1C2ON(c3ccccc3)C(c3ccc(O)cc3)C2C(=O)N1c1ccccc1Cl. The summed E-state index contributed by atoms with van der Waals surface area (Å²) in [7, 11) is 0. The van der Waals surface area contributed by atoms with Crippen molar-refractivity contribution in [2.24, 2.45) is 5.92 Å². The van der Waals surface area contributed by atoms with E-state index in [1.54, 1.807) is 53.6 Å². The minimum absolute atomic E-state index is 0.118. The maximum absolute atomic E-state index is 13.5. The molecule has 0 spiro atoms. The molecule has 0 aliphatic carbocycles. The molecule has 7 heteroatoms. The van der Waals surface area contributed by atoms with Crippen molar-refractivity contribution in [1.29, 1.82) is 0 Å². The van der Waals surface area contributed by atoms with Gasteiger partial charge in [-0.1, -0.05) is 54.1 Å². The van der Waals surface area contributed by atoms with Gasteiger partial charge in [0.05, 0.1) is 22.4 Å². The van der Waals surface area contributed by atoms with Crippen molar-refractivity contribution in [3.05, 3.63) is 89.4 Å². The van der Waals surface area contributed by atoms with E-state index in [-0.39, 0.29) is 11.7 Å². The lowest BCUT2D eigenvalue weighted by molar-refractivity contribution is -0.126. The molecule has 2 saturated heterocycles. The molecule has 6 nitrogen and oxygen atoms in total. The number of fused-ring (bicyclic) bond motifs is 1. The second kappa shape index (κ2) is 7.16. The Morgan fingerprint density at radius 1 is 0.833 bits per heavy atom. The van der Waals surface area contributed by atoms with Crippen molar-refractivity contribution in [2.75, 3.05) is 9.96 Å². The molecule has 2 fully saturated rings. The number of benzene rings is 3.